The summed E-state index contributed by atoms with van der Waals surface area (Å²) in [4.78, 5) is 1.29. The number of hydrogen-bond acceptors (Lipinski definition) is 3. The molecule has 0 aliphatic heterocycles. The van der Waals surface area contributed by atoms with Crippen LogP contribution in [0.25, 0.3) is 10.1 Å². The van der Waals surface area contributed by atoms with Crippen LogP contribution in [0.3, 0.4) is 0 Å². The van der Waals surface area contributed by atoms with Crippen LogP contribution in [0.5, 0.6) is 11.5 Å². The standard InChI is InChI=1S/C15H20O2S/c1-9(2)14-13(17-10(3)4)11-7-6-8-12(16-5)15(11)18-14/h6-10H,1-5H3. The van der Waals surface area contributed by atoms with Crippen LogP contribution in [0.2, 0.25) is 0 Å². The average molecular weight is 264 g/mol. The van der Waals surface area contributed by atoms with Crippen molar-refractivity contribution in [1.29, 1.82) is 0 Å². The van der Waals surface area contributed by atoms with Gasteiger partial charge in [0.15, 0.2) is 0 Å². The molecule has 0 aliphatic carbocycles. The molecule has 0 atom stereocenters. The molecular formula is C15H20O2S. The smallest absolute Gasteiger partial charge is 0.141 e. The lowest BCUT2D eigenvalue weighted by molar-refractivity contribution is 0.243. The molecule has 2 nitrogen and oxygen atoms in total. The van der Waals surface area contributed by atoms with Gasteiger partial charge in [0.05, 0.1) is 22.8 Å². The van der Waals surface area contributed by atoms with Crippen LogP contribution in [-0.2, 0) is 0 Å². The monoisotopic (exact) mass is 264 g/mol. The number of rotatable bonds is 4. The zero-order valence-electron chi connectivity index (χ0n) is 11.6. The molecule has 3 heteroatoms. The molecule has 1 heterocycles. The number of benzene rings is 1. The highest BCUT2D eigenvalue weighted by Crippen LogP contribution is 2.45. The molecule has 98 valence electrons. The summed E-state index contributed by atoms with van der Waals surface area (Å²) < 4.78 is 12.6. The van der Waals surface area contributed by atoms with Crippen molar-refractivity contribution in [2.75, 3.05) is 7.11 Å². The summed E-state index contributed by atoms with van der Waals surface area (Å²) in [5.74, 6) is 2.41. The number of methoxy groups -OCH3 is 1. The van der Waals surface area contributed by atoms with Gasteiger partial charge in [0, 0.05) is 5.39 Å². The largest absolute Gasteiger partial charge is 0.495 e. The summed E-state index contributed by atoms with van der Waals surface area (Å²) >= 11 is 1.78. The summed E-state index contributed by atoms with van der Waals surface area (Å²) in [7, 11) is 1.71. The van der Waals surface area contributed by atoms with E-state index in [0.717, 1.165) is 16.9 Å². The van der Waals surface area contributed by atoms with Crippen molar-refractivity contribution >= 4 is 21.4 Å². The van der Waals surface area contributed by atoms with Gasteiger partial charge in [0.1, 0.15) is 11.5 Å². The van der Waals surface area contributed by atoms with Gasteiger partial charge in [-0.05, 0) is 31.9 Å². The molecule has 0 saturated carbocycles. The van der Waals surface area contributed by atoms with Crippen molar-refractivity contribution in [3.05, 3.63) is 23.1 Å². The summed E-state index contributed by atoms with van der Waals surface area (Å²) in [5.41, 5.74) is 0. The molecule has 0 N–H and O–H groups in total. The van der Waals surface area contributed by atoms with Gasteiger partial charge in [-0.2, -0.15) is 0 Å². The SMILES string of the molecule is COc1cccc2c(OC(C)C)c(C(C)C)sc12. The lowest BCUT2D eigenvalue weighted by Crippen LogP contribution is -2.06. The van der Waals surface area contributed by atoms with E-state index in [9.17, 15) is 0 Å². The normalized spacial score (nSPS) is 11.5. The molecule has 1 aromatic carbocycles. The fourth-order valence-corrected chi connectivity index (χ4v) is 3.22. The van der Waals surface area contributed by atoms with Gasteiger partial charge in [-0.25, -0.2) is 0 Å². The Bertz CT molecular complexity index is 541. The second-order valence-corrected chi connectivity index (χ2v) is 6.01. The van der Waals surface area contributed by atoms with Crippen molar-refractivity contribution in [1.82, 2.24) is 0 Å². The lowest BCUT2D eigenvalue weighted by atomic mass is 10.1. The first kappa shape index (κ1) is 13.2. The number of fused-ring (bicyclic) bond motifs is 1. The van der Waals surface area contributed by atoms with Gasteiger partial charge in [-0.3, -0.25) is 0 Å². The van der Waals surface area contributed by atoms with Crippen LogP contribution >= 0.6 is 11.3 Å². The van der Waals surface area contributed by atoms with E-state index in [1.165, 1.54) is 9.58 Å². The number of ether oxygens (including phenoxy) is 2. The summed E-state index contributed by atoms with van der Waals surface area (Å²) in [6, 6.07) is 6.13. The Hall–Kier alpha value is -1.22. The molecule has 18 heavy (non-hydrogen) atoms. The van der Waals surface area contributed by atoms with Gasteiger partial charge < -0.3 is 9.47 Å². The molecule has 0 radical (unpaired) electrons. The Morgan fingerprint density at radius 3 is 2.39 bits per heavy atom. The lowest BCUT2D eigenvalue weighted by Gasteiger charge is -2.12. The second kappa shape index (κ2) is 5.19. The number of thiophene rings is 1. The van der Waals surface area contributed by atoms with Crippen LogP contribution < -0.4 is 9.47 Å². The van der Waals surface area contributed by atoms with Crippen molar-refractivity contribution in [2.45, 2.75) is 39.7 Å². The van der Waals surface area contributed by atoms with E-state index >= 15 is 0 Å². The Morgan fingerprint density at radius 1 is 1.11 bits per heavy atom. The highest BCUT2D eigenvalue weighted by Gasteiger charge is 2.19. The quantitative estimate of drug-likeness (QED) is 0.788. The molecule has 0 saturated heterocycles. The van der Waals surface area contributed by atoms with E-state index in [0.29, 0.717) is 5.92 Å². The van der Waals surface area contributed by atoms with E-state index in [4.69, 9.17) is 9.47 Å². The van der Waals surface area contributed by atoms with Crippen LogP contribution in [0.15, 0.2) is 18.2 Å². The van der Waals surface area contributed by atoms with E-state index in [1.54, 1.807) is 18.4 Å². The molecule has 0 fully saturated rings. The first-order valence-electron chi connectivity index (χ1n) is 6.30. The topological polar surface area (TPSA) is 18.5 Å². The third kappa shape index (κ3) is 2.32. The van der Waals surface area contributed by atoms with Crippen molar-refractivity contribution in [3.8, 4) is 11.5 Å². The molecule has 0 spiro atoms. The summed E-state index contributed by atoms with van der Waals surface area (Å²) in [5, 5.41) is 1.16. The van der Waals surface area contributed by atoms with Gasteiger partial charge in [0.25, 0.3) is 0 Å². The molecule has 2 aromatic rings. The fourth-order valence-electron chi connectivity index (χ4n) is 1.99. The molecule has 0 aliphatic rings. The van der Waals surface area contributed by atoms with Gasteiger partial charge in [-0.1, -0.05) is 19.9 Å². The van der Waals surface area contributed by atoms with Gasteiger partial charge in [0.2, 0.25) is 0 Å². The highest BCUT2D eigenvalue weighted by atomic mass is 32.1. The summed E-state index contributed by atoms with van der Waals surface area (Å²) in [6.45, 7) is 8.52. The molecular weight excluding hydrogens is 244 g/mol. The minimum absolute atomic E-state index is 0.187. The molecule has 1 aromatic heterocycles. The summed E-state index contributed by atoms with van der Waals surface area (Å²) in [6.07, 6.45) is 0.187. The predicted octanol–water partition coefficient (Wildman–Crippen LogP) is 4.82. The predicted molar refractivity (Wildman–Crippen MR) is 78.2 cm³/mol. The van der Waals surface area contributed by atoms with Crippen LogP contribution in [0.1, 0.15) is 38.5 Å². The van der Waals surface area contributed by atoms with Crippen LogP contribution in [0, 0.1) is 0 Å². The third-order valence-corrected chi connectivity index (χ3v) is 4.26. The highest BCUT2D eigenvalue weighted by molar-refractivity contribution is 7.20. The van der Waals surface area contributed by atoms with E-state index in [2.05, 4.69) is 33.8 Å². The van der Waals surface area contributed by atoms with E-state index < -0.39 is 0 Å². The van der Waals surface area contributed by atoms with Crippen molar-refractivity contribution in [2.24, 2.45) is 0 Å². The minimum atomic E-state index is 0.187. The first-order valence-corrected chi connectivity index (χ1v) is 7.12. The molecule has 2 rings (SSSR count). The van der Waals surface area contributed by atoms with Crippen molar-refractivity contribution < 1.29 is 9.47 Å². The Labute approximate surface area is 113 Å². The maximum absolute atomic E-state index is 6.01. The van der Waals surface area contributed by atoms with E-state index in [-0.39, 0.29) is 6.10 Å². The average Bonchev–Trinajstić information content (AvgIpc) is 2.67. The maximum Gasteiger partial charge on any atom is 0.141 e. The van der Waals surface area contributed by atoms with Gasteiger partial charge in [-0.15, -0.1) is 11.3 Å². The van der Waals surface area contributed by atoms with Crippen LogP contribution in [0.4, 0.5) is 0 Å². The zero-order chi connectivity index (χ0) is 13.3. The van der Waals surface area contributed by atoms with Crippen molar-refractivity contribution in [3.63, 3.8) is 0 Å². The third-order valence-electron chi connectivity index (χ3n) is 2.76. The first-order chi connectivity index (χ1) is 8.54. The zero-order valence-corrected chi connectivity index (χ0v) is 12.4. The molecule has 0 amide bonds. The van der Waals surface area contributed by atoms with Crippen LogP contribution in [-0.4, -0.2) is 13.2 Å². The van der Waals surface area contributed by atoms with Gasteiger partial charge >= 0.3 is 0 Å². The second-order valence-electron chi connectivity index (χ2n) is 4.95. The molecule has 0 unspecified atom stereocenters. The Morgan fingerprint density at radius 2 is 1.83 bits per heavy atom. The Kier molecular flexibility index (Phi) is 3.81. The molecule has 0 bridgehead atoms. The minimum Gasteiger partial charge on any atom is -0.495 e. The maximum atomic E-state index is 6.01. The fraction of sp³-hybridized carbons (Fsp3) is 0.467. The van der Waals surface area contributed by atoms with E-state index in [1.807, 2.05) is 12.1 Å². The number of hydrogen-bond donors (Lipinski definition) is 0. The Balaban J connectivity index is 2.67.